The van der Waals surface area contributed by atoms with E-state index in [0.717, 1.165) is 43.7 Å². The molecule has 1 aliphatic rings. The second kappa shape index (κ2) is 6.18. The zero-order chi connectivity index (χ0) is 15.6. The van der Waals surface area contributed by atoms with Gasteiger partial charge in [0.15, 0.2) is 0 Å². The van der Waals surface area contributed by atoms with Gasteiger partial charge in [-0.05, 0) is 52.6 Å². The summed E-state index contributed by atoms with van der Waals surface area (Å²) in [4.78, 5) is 14.5. The lowest BCUT2D eigenvalue weighted by Crippen LogP contribution is -2.40. The molecule has 21 heavy (non-hydrogen) atoms. The Balaban J connectivity index is 2.04. The smallest absolute Gasteiger partial charge is 0.323 e. The molecule has 0 saturated carbocycles. The van der Waals surface area contributed by atoms with E-state index < -0.39 is 5.60 Å². The van der Waals surface area contributed by atoms with Crippen LogP contribution in [0.4, 0.5) is 0 Å². The van der Waals surface area contributed by atoms with Crippen LogP contribution in [0.1, 0.15) is 51.9 Å². The van der Waals surface area contributed by atoms with Gasteiger partial charge in [-0.3, -0.25) is 14.4 Å². The SMILES string of the molecule is CCc1cc(CN2CCC[C@H]2C(=O)OC(C)(C)C)n(C)n1. The molecule has 0 amide bonds. The molecule has 2 rings (SSSR count). The lowest BCUT2D eigenvalue weighted by Gasteiger charge is -2.27. The van der Waals surface area contributed by atoms with Crippen LogP contribution in [0, 0.1) is 0 Å². The number of hydrogen-bond donors (Lipinski definition) is 0. The normalized spacial score (nSPS) is 20.0. The van der Waals surface area contributed by atoms with Gasteiger partial charge in [-0.1, -0.05) is 6.92 Å². The summed E-state index contributed by atoms with van der Waals surface area (Å²) in [7, 11) is 1.97. The number of rotatable bonds is 4. The Morgan fingerprint density at radius 1 is 1.48 bits per heavy atom. The molecule has 118 valence electrons. The lowest BCUT2D eigenvalue weighted by molar-refractivity contribution is -0.160. The summed E-state index contributed by atoms with van der Waals surface area (Å²) in [6.07, 6.45) is 2.86. The highest BCUT2D eigenvalue weighted by Crippen LogP contribution is 2.23. The van der Waals surface area contributed by atoms with Crippen molar-refractivity contribution < 1.29 is 9.53 Å². The Hall–Kier alpha value is -1.36. The van der Waals surface area contributed by atoms with Crippen LogP contribution in [0.2, 0.25) is 0 Å². The summed E-state index contributed by atoms with van der Waals surface area (Å²) < 4.78 is 7.46. The summed E-state index contributed by atoms with van der Waals surface area (Å²) in [5, 5.41) is 4.47. The molecule has 1 aliphatic heterocycles. The van der Waals surface area contributed by atoms with Gasteiger partial charge in [-0.2, -0.15) is 5.10 Å². The first kappa shape index (κ1) is 16.0. The van der Waals surface area contributed by atoms with Crippen molar-refractivity contribution in [3.63, 3.8) is 0 Å². The molecule has 5 heteroatoms. The average molecular weight is 293 g/mol. The molecule has 2 heterocycles. The number of esters is 1. The Morgan fingerprint density at radius 2 is 2.19 bits per heavy atom. The largest absolute Gasteiger partial charge is 0.459 e. The molecule has 0 N–H and O–H groups in total. The van der Waals surface area contributed by atoms with Crippen molar-refractivity contribution in [2.45, 2.75) is 65.1 Å². The number of aromatic nitrogens is 2. The fourth-order valence-corrected chi connectivity index (χ4v) is 2.75. The van der Waals surface area contributed by atoms with Crippen LogP contribution >= 0.6 is 0 Å². The number of nitrogens with zero attached hydrogens (tertiary/aromatic N) is 3. The van der Waals surface area contributed by atoms with E-state index in [1.165, 1.54) is 0 Å². The van der Waals surface area contributed by atoms with Crippen molar-refractivity contribution in [1.82, 2.24) is 14.7 Å². The van der Waals surface area contributed by atoms with E-state index in [2.05, 4.69) is 23.0 Å². The van der Waals surface area contributed by atoms with E-state index in [4.69, 9.17) is 4.74 Å². The van der Waals surface area contributed by atoms with Crippen LogP contribution in [0.3, 0.4) is 0 Å². The average Bonchev–Trinajstić information content (AvgIpc) is 2.95. The summed E-state index contributed by atoms with van der Waals surface area (Å²) in [5.74, 6) is -0.0992. The Bertz CT molecular complexity index is 502. The zero-order valence-electron chi connectivity index (χ0n) is 13.8. The van der Waals surface area contributed by atoms with E-state index in [9.17, 15) is 4.79 Å². The third-order valence-corrected chi connectivity index (χ3v) is 3.80. The highest BCUT2D eigenvalue weighted by Gasteiger charge is 2.34. The third-order valence-electron chi connectivity index (χ3n) is 3.80. The molecular formula is C16H27N3O2. The number of hydrogen-bond acceptors (Lipinski definition) is 4. The van der Waals surface area contributed by atoms with E-state index in [-0.39, 0.29) is 12.0 Å². The third kappa shape index (κ3) is 4.06. The fraction of sp³-hybridized carbons (Fsp3) is 0.750. The van der Waals surface area contributed by atoms with Gasteiger partial charge in [0.2, 0.25) is 0 Å². The van der Waals surface area contributed by atoms with E-state index >= 15 is 0 Å². The van der Waals surface area contributed by atoms with E-state index in [1.54, 1.807) is 0 Å². The molecule has 0 aromatic carbocycles. The maximum atomic E-state index is 12.3. The molecule has 1 saturated heterocycles. The zero-order valence-corrected chi connectivity index (χ0v) is 13.8. The van der Waals surface area contributed by atoms with Crippen molar-refractivity contribution in [2.75, 3.05) is 6.54 Å². The standard InChI is InChI=1S/C16H27N3O2/c1-6-12-10-13(18(5)17-12)11-19-9-7-8-14(19)15(20)21-16(2,3)4/h10,14H,6-9,11H2,1-5H3/t14-/m0/s1. The van der Waals surface area contributed by atoms with Gasteiger partial charge in [0.1, 0.15) is 11.6 Å². The van der Waals surface area contributed by atoms with Gasteiger partial charge in [0.25, 0.3) is 0 Å². The maximum Gasteiger partial charge on any atom is 0.323 e. The molecule has 1 atom stereocenters. The molecule has 1 aromatic rings. The van der Waals surface area contributed by atoms with Crippen LogP contribution < -0.4 is 0 Å². The fourth-order valence-electron chi connectivity index (χ4n) is 2.75. The first-order chi connectivity index (χ1) is 9.80. The van der Waals surface area contributed by atoms with Gasteiger partial charge in [-0.15, -0.1) is 0 Å². The number of aryl methyl sites for hydroxylation is 2. The van der Waals surface area contributed by atoms with Crippen molar-refractivity contribution in [1.29, 1.82) is 0 Å². The number of carbonyl (C=O) groups is 1. The van der Waals surface area contributed by atoms with Crippen LogP contribution in [0.25, 0.3) is 0 Å². The predicted octanol–water partition coefficient (Wildman–Crippen LogP) is 2.29. The van der Waals surface area contributed by atoms with E-state index in [1.807, 2.05) is 32.5 Å². The molecule has 0 unspecified atom stereocenters. The van der Waals surface area contributed by atoms with Crippen molar-refractivity contribution in [3.05, 3.63) is 17.5 Å². The number of carbonyl (C=O) groups excluding carboxylic acids is 1. The summed E-state index contributed by atoms with van der Waals surface area (Å²) in [5.41, 5.74) is 1.83. The highest BCUT2D eigenvalue weighted by molar-refractivity contribution is 5.76. The topological polar surface area (TPSA) is 47.4 Å². The quantitative estimate of drug-likeness (QED) is 0.799. The molecule has 1 aromatic heterocycles. The number of ether oxygens (including phenoxy) is 1. The summed E-state index contributed by atoms with van der Waals surface area (Å²) in [6, 6.07) is 2.01. The van der Waals surface area contributed by atoms with Crippen LogP contribution in [0.5, 0.6) is 0 Å². The second-order valence-electron chi connectivity index (χ2n) is 6.77. The Kier molecular flexibility index (Phi) is 4.71. The molecule has 5 nitrogen and oxygen atoms in total. The minimum atomic E-state index is -0.423. The Labute approximate surface area is 127 Å². The monoisotopic (exact) mass is 293 g/mol. The number of likely N-dealkylation sites (tertiary alicyclic amines) is 1. The lowest BCUT2D eigenvalue weighted by atomic mass is 10.1. The minimum absolute atomic E-state index is 0.0992. The van der Waals surface area contributed by atoms with Crippen molar-refractivity contribution in [3.8, 4) is 0 Å². The summed E-state index contributed by atoms with van der Waals surface area (Å²) >= 11 is 0. The highest BCUT2D eigenvalue weighted by atomic mass is 16.6. The maximum absolute atomic E-state index is 12.3. The van der Waals surface area contributed by atoms with Crippen molar-refractivity contribution in [2.24, 2.45) is 7.05 Å². The van der Waals surface area contributed by atoms with Crippen molar-refractivity contribution >= 4 is 5.97 Å². The van der Waals surface area contributed by atoms with Gasteiger partial charge in [-0.25, -0.2) is 0 Å². The minimum Gasteiger partial charge on any atom is -0.459 e. The first-order valence-corrected chi connectivity index (χ1v) is 7.79. The van der Waals surface area contributed by atoms with E-state index in [0.29, 0.717) is 0 Å². The molecule has 0 aliphatic carbocycles. The first-order valence-electron chi connectivity index (χ1n) is 7.79. The Morgan fingerprint density at radius 3 is 2.76 bits per heavy atom. The molecule has 0 bridgehead atoms. The van der Waals surface area contributed by atoms with Crippen LogP contribution in [-0.2, 0) is 29.5 Å². The molecular weight excluding hydrogens is 266 g/mol. The van der Waals surface area contributed by atoms with Gasteiger partial charge < -0.3 is 4.74 Å². The molecule has 0 radical (unpaired) electrons. The molecule has 1 fully saturated rings. The second-order valence-corrected chi connectivity index (χ2v) is 6.77. The van der Waals surface area contributed by atoms with Crippen LogP contribution in [0.15, 0.2) is 6.07 Å². The van der Waals surface area contributed by atoms with Gasteiger partial charge in [0.05, 0.1) is 11.4 Å². The van der Waals surface area contributed by atoms with Gasteiger partial charge >= 0.3 is 5.97 Å². The van der Waals surface area contributed by atoms with Gasteiger partial charge in [0, 0.05) is 13.6 Å². The summed E-state index contributed by atoms with van der Waals surface area (Å²) in [6.45, 7) is 9.55. The van der Waals surface area contributed by atoms with Crippen LogP contribution in [-0.4, -0.2) is 38.8 Å². The predicted molar refractivity (Wildman–Crippen MR) is 81.9 cm³/mol. The molecule has 0 spiro atoms.